The maximum Gasteiger partial charge on any atom is 0.0951 e. The second-order valence-corrected chi connectivity index (χ2v) is 2.05. The Morgan fingerprint density at radius 3 is 2.56 bits per heavy atom. The first-order chi connectivity index (χ1) is 4.22. The van der Waals surface area contributed by atoms with E-state index in [0.29, 0.717) is 12.1 Å². The predicted molar refractivity (Wildman–Crippen MR) is 35.8 cm³/mol. The monoisotopic (exact) mass is 131 g/mol. The fraction of sp³-hybridized carbons (Fsp3) is 0.833. The van der Waals surface area contributed by atoms with E-state index in [2.05, 4.69) is 5.16 Å². The zero-order chi connectivity index (χ0) is 7.28. The standard InChI is InChI=1S/C6H13NO2/c1-3-4-6(8)5(2)7-9/h6,8-9H,3-4H2,1-2H3. The number of aliphatic hydroxyl groups excluding tert-OH is 1. The minimum atomic E-state index is -0.569. The van der Waals surface area contributed by atoms with Crippen LogP contribution in [0, 0.1) is 0 Å². The molecule has 3 nitrogen and oxygen atoms in total. The third-order valence-electron chi connectivity index (χ3n) is 1.20. The number of hydrogen-bond donors (Lipinski definition) is 2. The molecule has 0 aromatic carbocycles. The topological polar surface area (TPSA) is 52.8 Å². The summed E-state index contributed by atoms with van der Waals surface area (Å²) in [7, 11) is 0. The third kappa shape index (κ3) is 3.08. The van der Waals surface area contributed by atoms with Crippen molar-refractivity contribution in [2.45, 2.75) is 32.8 Å². The summed E-state index contributed by atoms with van der Waals surface area (Å²) >= 11 is 0. The van der Waals surface area contributed by atoms with Crippen molar-refractivity contribution in [2.75, 3.05) is 0 Å². The van der Waals surface area contributed by atoms with Gasteiger partial charge in [-0.15, -0.1) is 0 Å². The highest BCUT2D eigenvalue weighted by atomic mass is 16.4. The fourth-order valence-electron chi connectivity index (χ4n) is 0.549. The summed E-state index contributed by atoms with van der Waals surface area (Å²) in [5.74, 6) is 0. The third-order valence-corrected chi connectivity index (χ3v) is 1.20. The molecule has 3 heteroatoms. The maximum absolute atomic E-state index is 9.03. The molecule has 1 atom stereocenters. The lowest BCUT2D eigenvalue weighted by Gasteiger charge is -2.04. The molecule has 54 valence electrons. The summed E-state index contributed by atoms with van der Waals surface area (Å²) in [6.07, 6.45) is 0.990. The fourth-order valence-corrected chi connectivity index (χ4v) is 0.549. The zero-order valence-electron chi connectivity index (χ0n) is 5.83. The average molecular weight is 131 g/mol. The first-order valence-electron chi connectivity index (χ1n) is 3.09. The van der Waals surface area contributed by atoms with Gasteiger partial charge in [-0.3, -0.25) is 0 Å². The minimum absolute atomic E-state index is 0.386. The molecule has 2 N–H and O–H groups in total. The molecule has 1 unspecified atom stereocenters. The molecule has 0 saturated carbocycles. The Bertz CT molecular complexity index is 101. The van der Waals surface area contributed by atoms with Crippen LogP contribution in [0.25, 0.3) is 0 Å². The van der Waals surface area contributed by atoms with Gasteiger partial charge in [-0.2, -0.15) is 0 Å². The second kappa shape index (κ2) is 4.32. The van der Waals surface area contributed by atoms with Crippen molar-refractivity contribution >= 4 is 5.71 Å². The molecule has 0 amide bonds. The molecule has 0 bridgehead atoms. The Morgan fingerprint density at radius 1 is 1.67 bits per heavy atom. The van der Waals surface area contributed by atoms with Gasteiger partial charge in [0.05, 0.1) is 11.8 Å². The van der Waals surface area contributed by atoms with E-state index < -0.39 is 6.10 Å². The summed E-state index contributed by atoms with van der Waals surface area (Å²) < 4.78 is 0. The molecule has 0 saturated heterocycles. The van der Waals surface area contributed by atoms with Crippen LogP contribution in [0.15, 0.2) is 5.16 Å². The average Bonchev–Trinajstić information content (AvgIpc) is 1.87. The Balaban J connectivity index is 3.59. The first-order valence-corrected chi connectivity index (χ1v) is 3.09. The van der Waals surface area contributed by atoms with Crippen LogP contribution in [-0.2, 0) is 0 Å². The van der Waals surface area contributed by atoms with Crippen molar-refractivity contribution < 1.29 is 10.3 Å². The highest BCUT2D eigenvalue weighted by Crippen LogP contribution is 1.97. The van der Waals surface area contributed by atoms with Gasteiger partial charge in [0.2, 0.25) is 0 Å². The van der Waals surface area contributed by atoms with Crippen molar-refractivity contribution in [3.8, 4) is 0 Å². The molecule has 0 spiro atoms. The van der Waals surface area contributed by atoms with E-state index in [1.54, 1.807) is 6.92 Å². The van der Waals surface area contributed by atoms with Gasteiger partial charge >= 0.3 is 0 Å². The number of nitrogens with zero attached hydrogens (tertiary/aromatic N) is 1. The highest BCUT2D eigenvalue weighted by molar-refractivity contribution is 5.85. The van der Waals surface area contributed by atoms with Crippen molar-refractivity contribution in [3.05, 3.63) is 0 Å². The molecular formula is C6H13NO2. The zero-order valence-corrected chi connectivity index (χ0v) is 5.83. The number of hydrogen-bond acceptors (Lipinski definition) is 3. The lowest BCUT2D eigenvalue weighted by molar-refractivity contribution is 0.219. The lowest BCUT2D eigenvalue weighted by Crippen LogP contribution is -2.16. The molecule has 0 rings (SSSR count). The Hall–Kier alpha value is -0.570. The quantitative estimate of drug-likeness (QED) is 0.341. The molecule has 9 heavy (non-hydrogen) atoms. The number of oxime groups is 1. The summed E-state index contributed by atoms with van der Waals surface area (Å²) in [6, 6.07) is 0. The van der Waals surface area contributed by atoms with Crippen molar-refractivity contribution in [3.63, 3.8) is 0 Å². The van der Waals surface area contributed by atoms with Gasteiger partial charge in [0.15, 0.2) is 0 Å². The maximum atomic E-state index is 9.03. The molecule has 0 heterocycles. The molecule has 0 radical (unpaired) electrons. The molecule has 0 aliphatic rings. The van der Waals surface area contributed by atoms with Crippen molar-refractivity contribution in [1.82, 2.24) is 0 Å². The van der Waals surface area contributed by atoms with E-state index in [1.165, 1.54) is 0 Å². The first kappa shape index (κ1) is 8.43. The van der Waals surface area contributed by atoms with Crippen molar-refractivity contribution in [2.24, 2.45) is 5.16 Å². The van der Waals surface area contributed by atoms with Gasteiger partial charge in [0, 0.05) is 0 Å². The van der Waals surface area contributed by atoms with Crippen LogP contribution in [0.5, 0.6) is 0 Å². The largest absolute Gasteiger partial charge is 0.411 e. The van der Waals surface area contributed by atoms with Gasteiger partial charge in [0.1, 0.15) is 0 Å². The molecule has 0 aromatic heterocycles. The highest BCUT2D eigenvalue weighted by Gasteiger charge is 2.05. The van der Waals surface area contributed by atoms with E-state index in [4.69, 9.17) is 10.3 Å². The molecule has 0 aliphatic heterocycles. The van der Waals surface area contributed by atoms with Gasteiger partial charge in [-0.05, 0) is 13.3 Å². The van der Waals surface area contributed by atoms with Crippen LogP contribution >= 0.6 is 0 Å². The van der Waals surface area contributed by atoms with Crippen LogP contribution in [0.4, 0.5) is 0 Å². The summed E-state index contributed by atoms with van der Waals surface area (Å²) in [5, 5.41) is 20.1. The van der Waals surface area contributed by atoms with Crippen LogP contribution < -0.4 is 0 Å². The SMILES string of the molecule is CCCC(O)C(C)=NO. The molecule has 0 aliphatic carbocycles. The van der Waals surface area contributed by atoms with Gasteiger partial charge in [-0.25, -0.2) is 0 Å². The summed E-state index contributed by atoms with van der Waals surface area (Å²) in [6.45, 7) is 3.56. The van der Waals surface area contributed by atoms with E-state index in [1.807, 2.05) is 6.92 Å². The van der Waals surface area contributed by atoms with E-state index >= 15 is 0 Å². The van der Waals surface area contributed by atoms with E-state index in [0.717, 1.165) is 6.42 Å². The van der Waals surface area contributed by atoms with E-state index in [9.17, 15) is 0 Å². The van der Waals surface area contributed by atoms with Crippen LogP contribution in [-0.4, -0.2) is 22.1 Å². The Labute approximate surface area is 55.0 Å². The van der Waals surface area contributed by atoms with Gasteiger partial charge in [-0.1, -0.05) is 18.5 Å². The van der Waals surface area contributed by atoms with Gasteiger partial charge < -0.3 is 10.3 Å². The van der Waals surface area contributed by atoms with Crippen LogP contribution in [0.3, 0.4) is 0 Å². The molecule has 0 fully saturated rings. The van der Waals surface area contributed by atoms with Crippen molar-refractivity contribution in [1.29, 1.82) is 0 Å². The lowest BCUT2D eigenvalue weighted by atomic mass is 10.1. The Kier molecular flexibility index (Phi) is 4.05. The summed E-state index contributed by atoms with van der Waals surface area (Å²) in [4.78, 5) is 0. The summed E-state index contributed by atoms with van der Waals surface area (Å²) in [5.41, 5.74) is 0.386. The second-order valence-electron chi connectivity index (χ2n) is 2.05. The molecule has 0 aromatic rings. The van der Waals surface area contributed by atoms with Crippen LogP contribution in [0.2, 0.25) is 0 Å². The van der Waals surface area contributed by atoms with E-state index in [-0.39, 0.29) is 0 Å². The predicted octanol–water partition coefficient (Wildman–Crippen LogP) is 0.998. The number of aliphatic hydroxyl groups is 1. The number of rotatable bonds is 3. The van der Waals surface area contributed by atoms with Gasteiger partial charge in [0.25, 0.3) is 0 Å². The van der Waals surface area contributed by atoms with Crippen LogP contribution in [0.1, 0.15) is 26.7 Å². The Morgan fingerprint density at radius 2 is 2.22 bits per heavy atom. The normalized spacial score (nSPS) is 15.7. The smallest absolute Gasteiger partial charge is 0.0951 e. The minimum Gasteiger partial charge on any atom is -0.411 e. The molecular weight excluding hydrogens is 118 g/mol.